The smallest absolute Gasteiger partial charge is 0.417 e. The van der Waals surface area contributed by atoms with E-state index in [4.69, 9.17) is 9.47 Å². The number of aromatic nitrogens is 4. The molecule has 0 spiro atoms. The van der Waals surface area contributed by atoms with Gasteiger partial charge < -0.3 is 24.9 Å². The number of benzene rings is 1. The molecule has 1 atom stereocenters. The number of H-pyrrole nitrogens is 1. The highest BCUT2D eigenvalue weighted by atomic mass is 16.6. The van der Waals surface area contributed by atoms with Crippen LogP contribution >= 0.6 is 0 Å². The number of fused-ring (bicyclic) bond motifs is 1. The molecule has 0 saturated carbocycles. The Morgan fingerprint density at radius 2 is 1.97 bits per heavy atom. The van der Waals surface area contributed by atoms with E-state index in [-0.39, 0.29) is 23.2 Å². The van der Waals surface area contributed by atoms with E-state index in [9.17, 15) is 19.5 Å². The Balaban J connectivity index is 1.98. The zero-order valence-corrected chi connectivity index (χ0v) is 19.3. The molecule has 1 aliphatic heterocycles. The largest absolute Gasteiger partial charge is 0.495 e. The molecule has 1 aliphatic rings. The number of methoxy groups -OCH3 is 1. The van der Waals surface area contributed by atoms with Gasteiger partial charge in [-0.15, -0.1) is 0 Å². The molecule has 12 heteroatoms. The number of nitrogens with one attached hydrogen (secondary N) is 2. The highest BCUT2D eigenvalue weighted by Gasteiger charge is 2.35. The number of hydrogen-bond acceptors (Lipinski definition) is 8. The molecule has 3 aromatic rings. The number of ether oxygens (including phenoxy) is 2. The van der Waals surface area contributed by atoms with Crippen molar-refractivity contribution >= 4 is 29.2 Å². The Kier molecular flexibility index (Phi) is 6.00. The zero-order valence-electron chi connectivity index (χ0n) is 19.3. The maximum atomic E-state index is 13.2. The minimum Gasteiger partial charge on any atom is -0.495 e. The van der Waals surface area contributed by atoms with E-state index in [1.165, 1.54) is 16.6 Å². The van der Waals surface area contributed by atoms with Crippen LogP contribution in [0.3, 0.4) is 0 Å². The number of rotatable bonds is 5. The lowest BCUT2D eigenvalue weighted by Crippen LogP contribution is -2.45. The highest BCUT2D eigenvalue weighted by Crippen LogP contribution is 2.27. The van der Waals surface area contributed by atoms with Gasteiger partial charge in [-0.1, -0.05) is 12.1 Å². The van der Waals surface area contributed by atoms with E-state index in [0.29, 0.717) is 30.9 Å². The number of amides is 1. The molecule has 12 nitrogen and oxygen atoms in total. The van der Waals surface area contributed by atoms with Crippen molar-refractivity contribution in [2.24, 2.45) is 0 Å². The van der Waals surface area contributed by atoms with Crippen LogP contribution < -0.4 is 20.6 Å². The molecular weight excluding hydrogens is 444 g/mol. The van der Waals surface area contributed by atoms with Crippen molar-refractivity contribution in [2.45, 2.75) is 38.8 Å². The van der Waals surface area contributed by atoms with Crippen LogP contribution in [-0.4, -0.2) is 68.5 Å². The van der Waals surface area contributed by atoms with Crippen LogP contribution in [0, 0.1) is 0 Å². The van der Waals surface area contributed by atoms with Crippen LogP contribution in [0.2, 0.25) is 0 Å². The summed E-state index contributed by atoms with van der Waals surface area (Å²) in [6.07, 6.45) is -0.117. The number of imidazole rings is 1. The molecule has 3 N–H and O–H groups in total. The Bertz CT molecular complexity index is 1300. The van der Waals surface area contributed by atoms with Crippen LogP contribution in [0.1, 0.15) is 37.7 Å². The van der Waals surface area contributed by atoms with Crippen molar-refractivity contribution < 1.29 is 24.2 Å². The molecule has 0 radical (unpaired) electrons. The number of anilines is 1. The summed E-state index contributed by atoms with van der Waals surface area (Å²) in [5, 5.41) is 13.0. The van der Waals surface area contributed by atoms with Gasteiger partial charge in [0, 0.05) is 6.54 Å². The molecule has 1 aromatic carbocycles. The molecule has 3 heterocycles. The number of carboxylic acids is 1. The minimum atomic E-state index is -1.38. The third-order valence-corrected chi connectivity index (χ3v) is 5.26. The predicted octanol–water partition coefficient (Wildman–Crippen LogP) is 1.92. The summed E-state index contributed by atoms with van der Waals surface area (Å²) in [4.78, 5) is 50.6. The second-order valence-corrected chi connectivity index (χ2v) is 8.81. The normalized spacial score (nSPS) is 15.9. The molecular formula is C22H26N6O6. The van der Waals surface area contributed by atoms with Crippen LogP contribution in [0.15, 0.2) is 29.1 Å². The topological polar surface area (TPSA) is 152 Å². The lowest BCUT2D eigenvalue weighted by Gasteiger charge is -2.29. The zero-order chi connectivity index (χ0) is 24.6. The molecule has 1 amide bonds. The van der Waals surface area contributed by atoms with Gasteiger partial charge in [0.1, 0.15) is 16.9 Å². The van der Waals surface area contributed by atoms with Crippen LogP contribution in [0.25, 0.3) is 16.9 Å². The maximum absolute atomic E-state index is 13.2. The number of hydrogen-bond donors (Lipinski definition) is 3. The number of para-hydroxylation sites is 2. The van der Waals surface area contributed by atoms with Crippen molar-refractivity contribution in [1.29, 1.82) is 0 Å². The first-order valence-corrected chi connectivity index (χ1v) is 10.7. The highest BCUT2D eigenvalue weighted by molar-refractivity contribution is 5.99. The van der Waals surface area contributed by atoms with Crippen molar-refractivity contribution in [2.75, 3.05) is 25.1 Å². The average molecular weight is 470 g/mol. The number of aromatic carboxylic acids is 1. The summed E-state index contributed by atoms with van der Waals surface area (Å²) in [7, 11) is 1.46. The van der Waals surface area contributed by atoms with Crippen molar-refractivity contribution in [3.05, 3.63) is 40.4 Å². The Labute approximate surface area is 194 Å². The van der Waals surface area contributed by atoms with Gasteiger partial charge in [-0.3, -0.25) is 0 Å². The van der Waals surface area contributed by atoms with Gasteiger partial charge in [-0.25, -0.2) is 28.8 Å². The Morgan fingerprint density at radius 1 is 1.24 bits per heavy atom. The minimum absolute atomic E-state index is 0.00332. The average Bonchev–Trinajstić information content (AvgIpc) is 3.39. The third-order valence-electron chi connectivity index (χ3n) is 5.26. The Hall–Kier alpha value is -3.93. The monoisotopic (exact) mass is 470 g/mol. The summed E-state index contributed by atoms with van der Waals surface area (Å²) >= 11 is 0. The van der Waals surface area contributed by atoms with Gasteiger partial charge in [0.25, 0.3) is 0 Å². The van der Waals surface area contributed by atoms with Gasteiger partial charge in [0.05, 0.1) is 18.8 Å². The van der Waals surface area contributed by atoms with Crippen LogP contribution in [0.5, 0.6) is 5.75 Å². The fourth-order valence-electron chi connectivity index (χ4n) is 3.84. The van der Waals surface area contributed by atoms with E-state index in [1.54, 1.807) is 45.0 Å². The Morgan fingerprint density at radius 3 is 2.59 bits per heavy atom. The second-order valence-electron chi connectivity index (χ2n) is 8.81. The first kappa shape index (κ1) is 23.2. The second kappa shape index (κ2) is 8.78. The van der Waals surface area contributed by atoms with E-state index in [0.717, 1.165) is 0 Å². The van der Waals surface area contributed by atoms with Crippen molar-refractivity contribution in [1.82, 2.24) is 24.8 Å². The maximum Gasteiger partial charge on any atom is 0.417 e. The molecule has 4 rings (SSSR count). The lowest BCUT2D eigenvalue weighted by atomic mass is 10.2. The number of carbonyl (C=O) groups is 2. The first-order chi connectivity index (χ1) is 16.1. The van der Waals surface area contributed by atoms with Gasteiger partial charge in [0.2, 0.25) is 5.95 Å². The van der Waals surface area contributed by atoms with Crippen LogP contribution in [0.4, 0.5) is 10.7 Å². The lowest BCUT2D eigenvalue weighted by molar-refractivity contribution is 0.0562. The molecule has 0 bridgehead atoms. The fourth-order valence-corrected chi connectivity index (χ4v) is 3.84. The molecule has 34 heavy (non-hydrogen) atoms. The van der Waals surface area contributed by atoms with E-state index >= 15 is 0 Å². The molecule has 1 fully saturated rings. The van der Waals surface area contributed by atoms with E-state index < -0.39 is 29.0 Å². The van der Waals surface area contributed by atoms with Crippen molar-refractivity contribution in [3.8, 4) is 11.4 Å². The van der Waals surface area contributed by atoms with Crippen LogP contribution in [-0.2, 0) is 4.74 Å². The van der Waals surface area contributed by atoms with Gasteiger partial charge in [-0.2, -0.15) is 4.98 Å². The SMILES string of the molecule is COc1ccccc1-n1c(=O)[nH]c2c(C(=O)O)nc(N(C(=O)OC(C)(C)C)C3CCNC3)nc21. The molecule has 180 valence electrons. The number of carbonyl (C=O) groups excluding carboxylic acids is 1. The van der Waals surface area contributed by atoms with Gasteiger partial charge >= 0.3 is 17.8 Å². The summed E-state index contributed by atoms with van der Waals surface area (Å²) in [6, 6.07) is 6.39. The number of aromatic amines is 1. The summed E-state index contributed by atoms with van der Waals surface area (Å²) in [5.41, 5.74) is -1.58. The molecule has 1 saturated heterocycles. The van der Waals surface area contributed by atoms with Crippen molar-refractivity contribution in [3.63, 3.8) is 0 Å². The third kappa shape index (κ3) is 4.31. The van der Waals surface area contributed by atoms with E-state index in [2.05, 4.69) is 20.3 Å². The summed E-state index contributed by atoms with van der Waals surface area (Å²) < 4.78 is 12.1. The molecule has 2 aromatic heterocycles. The van der Waals surface area contributed by atoms with E-state index in [1.807, 2.05) is 0 Å². The van der Waals surface area contributed by atoms with Gasteiger partial charge in [0.15, 0.2) is 11.3 Å². The summed E-state index contributed by atoms with van der Waals surface area (Å²) in [5.74, 6) is -1.17. The first-order valence-electron chi connectivity index (χ1n) is 10.7. The number of carboxylic acid groups (broad SMARTS) is 1. The quantitative estimate of drug-likeness (QED) is 0.508. The predicted molar refractivity (Wildman–Crippen MR) is 123 cm³/mol. The molecule has 0 aliphatic carbocycles. The number of nitrogens with zero attached hydrogens (tertiary/aromatic N) is 4. The standard InChI is InChI=1S/C22H26N6O6/c1-22(2,3)34-21(32)27(12-9-10-23-11-12)19-24-16(18(29)30)15-17(26-19)28(20(31)25-15)13-7-5-6-8-14(13)33-4/h5-8,12,23H,9-11H2,1-4H3,(H,25,31)(H,29,30). The van der Waals surface area contributed by atoms with Gasteiger partial charge in [-0.05, 0) is 45.9 Å². The molecule has 1 unspecified atom stereocenters. The fraction of sp³-hybridized carbons (Fsp3) is 0.409. The summed E-state index contributed by atoms with van der Waals surface area (Å²) in [6.45, 7) is 6.31.